The molecule has 0 spiro atoms. The summed E-state index contributed by atoms with van der Waals surface area (Å²) >= 11 is 0. The molecule has 0 aliphatic carbocycles. The second-order valence-electron chi connectivity index (χ2n) is 6.34. The Morgan fingerprint density at radius 2 is 1.68 bits per heavy atom. The highest BCUT2D eigenvalue weighted by atomic mass is 32.2. The van der Waals surface area contributed by atoms with E-state index < -0.39 is 10.0 Å². The van der Waals surface area contributed by atoms with Crippen molar-refractivity contribution in [1.29, 1.82) is 0 Å². The molecule has 2 aromatic carbocycles. The summed E-state index contributed by atoms with van der Waals surface area (Å²) in [5.74, 6) is -0.0412. The zero-order chi connectivity index (χ0) is 18.0. The Morgan fingerprint density at radius 1 is 1.04 bits per heavy atom. The molecule has 0 aromatic heterocycles. The maximum Gasteiger partial charge on any atom is 0.264 e. The fourth-order valence-corrected chi connectivity index (χ4v) is 4.13. The molecule has 1 amide bonds. The number of hydrogen-bond donors (Lipinski definition) is 0. The van der Waals surface area contributed by atoms with Gasteiger partial charge < -0.3 is 4.90 Å². The van der Waals surface area contributed by atoms with Crippen LogP contribution in [0.15, 0.2) is 53.4 Å². The molecule has 0 bridgehead atoms. The summed E-state index contributed by atoms with van der Waals surface area (Å²) in [6.07, 6.45) is 2.04. The van der Waals surface area contributed by atoms with Crippen LogP contribution in [0.3, 0.4) is 0 Å². The van der Waals surface area contributed by atoms with Crippen molar-refractivity contribution in [1.82, 2.24) is 4.90 Å². The molecule has 132 valence electrons. The molecule has 3 rings (SSSR count). The molecule has 0 saturated carbocycles. The fourth-order valence-electron chi connectivity index (χ4n) is 2.94. The number of aryl methyl sites for hydroxylation is 1. The molecule has 1 fully saturated rings. The molecule has 0 unspecified atom stereocenters. The van der Waals surface area contributed by atoms with Gasteiger partial charge in [-0.25, -0.2) is 8.42 Å². The number of carbonyl (C=O) groups is 1. The van der Waals surface area contributed by atoms with Gasteiger partial charge in [0.1, 0.15) is 0 Å². The second-order valence-corrected chi connectivity index (χ2v) is 8.30. The van der Waals surface area contributed by atoms with Crippen LogP contribution in [-0.4, -0.2) is 39.4 Å². The third kappa shape index (κ3) is 3.54. The predicted octanol–water partition coefficient (Wildman–Crippen LogP) is 3.06. The average Bonchev–Trinajstić information content (AvgIpc) is 3.15. The predicted molar refractivity (Wildman–Crippen MR) is 98.3 cm³/mol. The van der Waals surface area contributed by atoms with Crippen molar-refractivity contribution >= 4 is 21.6 Å². The Hall–Kier alpha value is -2.34. The lowest BCUT2D eigenvalue weighted by Crippen LogP contribution is -2.29. The van der Waals surface area contributed by atoms with Crippen molar-refractivity contribution < 1.29 is 13.2 Å². The second kappa shape index (κ2) is 6.88. The Bertz CT molecular complexity index is 870. The molecule has 6 heteroatoms. The van der Waals surface area contributed by atoms with E-state index in [1.54, 1.807) is 48.5 Å². The number of benzene rings is 2. The molecule has 1 aliphatic rings. The zero-order valence-electron chi connectivity index (χ0n) is 14.5. The van der Waals surface area contributed by atoms with Gasteiger partial charge in [-0.1, -0.05) is 23.8 Å². The van der Waals surface area contributed by atoms with Gasteiger partial charge in [0.15, 0.2) is 0 Å². The summed E-state index contributed by atoms with van der Waals surface area (Å²) in [6, 6.07) is 13.5. The first-order chi connectivity index (χ1) is 11.9. The van der Waals surface area contributed by atoms with Crippen LogP contribution < -0.4 is 4.31 Å². The Kier molecular flexibility index (Phi) is 4.81. The number of hydrogen-bond acceptors (Lipinski definition) is 3. The summed E-state index contributed by atoms with van der Waals surface area (Å²) in [7, 11) is -2.15. The Morgan fingerprint density at radius 3 is 2.32 bits per heavy atom. The first-order valence-corrected chi connectivity index (χ1v) is 9.78. The number of anilines is 1. The van der Waals surface area contributed by atoms with E-state index in [1.807, 2.05) is 11.8 Å². The molecular formula is C19H22N2O3S. The van der Waals surface area contributed by atoms with Crippen LogP contribution in [0, 0.1) is 6.92 Å². The van der Waals surface area contributed by atoms with Gasteiger partial charge in [0.25, 0.3) is 15.9 Å². The normalized spacial score (nSPS) is 14.6. The average molecular weight is 358 g/mol. The van der Waals surface area contributed by atoms with E-state index in [2.05, 4.69) is 0 Å². The molecule has 0 radical (unpaired) electrons. The summed E-state index contributed by atoms with van der Waals surface area (Å²) in [4.78, 5) is 14.6. The lowest BCUT2D eigenvalue weighted by atomic mass is 10.2. The standard InChI is InChI=1S/C19H22N2O3S/c1-15-8-10-18(11-9-15)25(23,24)20(2)17-7-5-6-16(14-17)19(22)21-12-3-4-13-21/h5-11,14H,3-4,12-13H2,1-2H3. The van der Waals surface area contributed by atoms with Crippen LogP contribution in [0.5, 0.6) is 0 Å². The highest BCUT2D eigenvalue weighted by molar-refractivity contribution is 7.92. The largest absolute Gasteiger partial charge is 0.339 e. The van der Waals surface area contributed by atoms with E-state index >= 15 is 0 Å². The zero-order valence-corrected chi connectivity index (χ0v) is 15.3. The van der Waals surface area contributed by atoms with Gasteiger partial charge in [-0.15, -0.1) is 0 Å². The van der Waals surface area contributed by atoms with E-state index in [-0.39, 0.29) is 10.8 Å². The van der Waals surface area contributed by atoms with Crippen molar-refractivity contribution in [3.63, 3.8) is 0 Å². The monoisotopic (exact) mass is 358 g/mol. The third-order valence-electron chi connectivity index (χ3n) is 4.53. The maximum atomic E-state index is 12.8. The number of nitrogens with zero attached hydrogens (tertiary/aromatic N) is 2. The van der Waals surface area contributed by atoms with E-state index in [4.69, 9.17) is 0 Å². The topological polar surface area (TPSA) is 57.7 Å². The number of carbonyl (C=O) groups excluding carboxylic acids is 1. The Balaban J connectivity index is 1.89. The van der Waals surface area contributed by atoms with Crippen LogP contribution in [0.25, 0.3) is 0 Å². The van der Waals surface area contributed by atoms with Crippen molar-refractivity contribution in [2.24, 2.45) is 0 Å². The highest BCUT2D eigenvalue weighted by Gasteiger charge is 2.23. The van der Waals surface area contributed by atoms with E-state index in [9.17, 15) is 13.2 Å². The van der Waals surface area contributed by atoms with Crippen molar-refractivity contribution in [2.45, 2.75) is 24.7 Å². The van der Waals surface area contributed by atoms with Crippen molar-refractivity contribution in [2.75, 3.05) is 24.4 Å². The van der Waals surface area contributed by atoms with Gasteiger partial charge in [0.05, 0.1) is 10.6 Å². The summed E-state index contributed by atoms with van der Waals surface area (Å²) < 4.78 is 26.8. The van der Waals surface area contributed by atoms with Crippen molar-refractivity contribution in [3.05, 3.63) is 59.7 Å². The summed E-state index contributed by atoms with van der Waals surface area (Å²) in [5, 5.41) is 0. The van der Waals surface area contributed by atoms with E-state index in [0.29, 0.717) is 11.3 Å². The lowest BCUT2D eigenvalue weighted by Gasteiger charge is -2.21. The fraction of sp³-hybridized carbons (Fsp3) is 0.316. The van der Waals surface area contributed by atoms with E-state index in [0.717, 1.165) is 31.5 Å². The van der Waals surface area contributed by atoms with E-state index in [1.165, 1.54) is 11.4 Å². The van der Waals surface area contributed by atoms with Crippen LogP contribution in [0.1, 0.15) is 28.8 Å². The molecule has 2 aromatic rings. The smallest absolute Gasteiger partial charge is 0.264 e. The minimum atomic E-state index is -3.66. The number of sulfonamides is 1. The van der Waals surface area contributed by atoms with Gasteiger partial charge in [-0.2, -0.15) is 0 Å². The summed E-state index contributed by atoms with van der Waals surface area (Å²) in [6.45, 7) is 3.44. The maximum absolute atomic E-state index is 12.8. The lowest BCUT2D eigenvalue weighted by molar-refractivity contribution is 0.0793. The quantitative estimate of drug-likeness (QED) is 0.844. The van der Waals surface area contributed by atoms with Gasteiger partial charge in [-0.05, 0) is 50.1 Å². The minimum Gasteiger partial charge on any atom is -0.339 e. The van der Waals surface area contributed by atoms with Gasteiger partial charge in [-0.3, -0.25) is 9.10 Å². The van der Waals surface area contributed by atoms with Crippen LogP contribution >= 0.6 is 0 Å². The van der Waals surface area contributed by atoms with Gasteiger partial charge in [0, 0.05) is 25.7 Å². The van der Waals surface area contributed by atoms with Gasteiger partial charge >= 0.3 is 0 Å². The first kappa shape index (κ1) is 17.5. The third-order valence-corrected chi connectivity index (χ3v) is 6.33. The number of likely N-dealkylation sites (tertiary alicyclic amines) is 1. The van der Waals surface area contributed by atoms with Crippen molar-refractivity contribution in [3.8, 4) is 0 Å². The number of amides is 1. The van der Waals surface area contributed by atoms with Crippen LogP contribution in [0.2, 0.25) is 0 Å². The molecule has 0 N–H and O–H groups in total. The Labute approximate surface area is 148 Å². The molecule has 25 heavy (non-hydrogen) atoms. The molecule has 1 aliphatic heterocycles. The molecule has 5 nitrogen and oxygen atoms in total. The van der Waals surface area contributed by atoms with Gasteiger partial charge in [0.2, 0.25) is 0 Å². The highest BCUT2D eigenvalue weighted by Crippen LogP contribution is 2.24. The van der Waals surface area contributed by atoms with Crippen LogP contribution in [0.4, 0.5) is 5.69 Å². The summed E-state index contributed by atoms with van der Waals surface area (Å²) in [5.41, 5.74) is 2.00. The molecule has 0 atom stereocenters. The minimum absolute atomic E-state index is 0.0412. The SMILES string of the molecule is Cc1ccc(S(=O)(=O)N(C)c2cccc(C(=O)N3CCCC3)c2)cc1. The number of rotatable bonds is 4. The first-order valence-electron chi connectivity index (χ1n) is 8.34. The van der Waals surface area contributed by atoms with Crippen LogP contribution in [-0.2, 0) is 10.0 Å². The molecule has 1 heterocycles. The molecule has 1 saturated heterocycles. The molecular weight excluding hydrogens is 336 g/mol.